The predicted molar refractivity (Wildman–Crippen MR) is 89.9 cm³/mol. The molecule has 1 N–H and O–H groups in total. The van der Waals surface area contributed by atoms with Crippen molar-refractivity contribution in [1.29, 1.82) is 0 Å². The van der Waals surface area contributed by atoms with E-state index < -0.39 is 0 Å². The van der Waals surface area contributed by atoms with Gasteiger partial charge in [0.2, 0.25) is 0 Å². The van der Waals surface area contributed by atoms with Crippen LogP contribution >= 0.6 is 0 Å². The molecule has 1 amide bonds. The smallest absolute Gasteiger partial charge is 0.251 e. The van der Waals surface area contributed by atoms with E-state index in [4.69, 9.17) is 9.47 Å². The number of hydrogen-bond donors (Lipinski definition) is 1. The van der Waals surface area contributed by atoms with E-state index in [2.05, 4.69) is 5.32 Å². The van der Waals surface area contributed by atoms with Gasteiger partial charge in [-0.25, -0.2) is 0 Å². The molecule has 23 heavy (non-hydrogen) atoms. The lowest BCUT2D eigenvalue weighted by Crippen LogP contribution is -2.34. The van der Waals surface area contributed by atoms with Gasteiger partial charge >= 0.3 is 0 Å². The summed E-state index contributed by atoms with van der Waals surface area (Å²) in [4.78, 5) is 12.3. The van der Waals surface area contributed by atoms with E-state index in [1.807, 2.05) is 24.3 Å². The highest BCUT2D eigenvalue weighted by Gasteiger charge is 2.17. The molecule has 1 heterocycles. The van der Waals surface area contributed by atoms with Gasteiger partial charge in [0.1, 0.15) is 12.4 Å². The third-order valence-electron chi connectivity index (χ3n) is 4.77. The number of amides is 1. The van der Waals surface area contributed by atoms with Gasteiger partial charge < -0.3 is 14.8 Å². The zero-order valence-electron chi connectivity index (χ0n) is 13.8. The molecular weight excluding hydrogens is 290 g/mol. The van der Waals surface area contributed by atoms with E-state index >= 15 is 0 Å². The Kier molecular flexibility index (Phi) is 5.92. The summed E-state index contributed by atoms with van der Waals surface area (Å²) < 4.78 is 11.3. The van der Waals surface area contributed by atoms with Crippen LogP contribution in [0.3, 0.4) is 0 Å². The van der Waals surface area contributed by atoms with E-state index in [0.29, 0.717) is 18.2 Å². The van der Waals surface area contributed by atoms with Gasteiger partial charge in [0, 0.05) is 18.2 Å². The van der Waals surface area contributed by atoms with Crippen LogP contribution in [-0.4, -0.2) is 31.3 Å². The van der Waals surface area contributed by atoms with Gasteiger partial charge in [0.15, 0.2) is 0 Å². The highest BCUT2D eigenvalue weighted by molar-refractivity contribution is 5.94. The number of rotatable bonds is 5. The Morgan fingerprint density at radius 1 is 1.04 bits per heavy atom. The molecule has 4 heteroatoms. The zero-order chi connectivity index (χ0) is 15.9. The van der Waals surface area contributed by atoms with Gasteiger partial charge in [0.25, 0.3) is 5.91 Å². The first-order valence-electron chi connectivity index (χ1n) is 8.96. The van der Waals surface area contributed by atoms with Crippen LogP contribution in [0.4, 0.5) is 0 Å². The second kappa shape index (κ2) is 8.34. The summed E-state index contributed by atoms with van der Waals surface area (Å²) in [6.07, 6.45) is 9.65. The Balaban J connectivity index is 1.48. The molecule has 0 radical (unpaired) electrons. The summed E-state index contributed by atoms with van der Waals surface area (Å²) in [5, 5.41) is 3.17. The van der Waals surface area contributed by atoms with E-state index in [1.54, 1.807) is 0 Å². The molecule has 2 aliphatic rings. The first-order chi connectivity index (χ1) is 11.3. The van der Waals surface area contributed by atoms with Gasteiger partial charge in [-0.05, 0) is 49.9 Å². The second-order valence-corrected chi connectivity index (χ2v) is 6.63. The molecule has 1 aromatic rings. The molecule has 1 atom stereocenters. The monoisotopic (exact) mass is 317 g/mol. The fraction of sp³-hybridized carbons (Fsp3) is 0.632. The first kappa shape index (κ1) is 16.3. The highest BCUT2D eigenvalue weighted by atomic mass is 16.5. The SMILES string of the molecule is O=C(NC1CCCCCC1)c1ccc(OC[C@H]2CCCO2)cc1. The third-order valence-corrected chi connectivity index (χ3v) is 4.77. The molecule has 0 spiro atoms. The van der Waals surface area contributed by atoms with Crippen LogP contribution in [0.2, 0.25) is 0 Å². The second-order valence-electron chi connectivity index (χ2n) is 6.63. The average Bonchev–Trinajstić information content (AvgIpc) is 2.97. The van der Waals surface area contributed by atoms with Gasteiger partial charge in [0.05, 0.1) is 6.10 Å². The molecule has 4 nitrogen and oxygen atoms in total. The van der Waals surface area contributed by atoms with E-state index in [9.17, 15) is 4.79 Å². The van der Waals surface area contributed by atoms with Crippen molar-refractivity contribution in [3.8, 4) is 5.75 Å². The maximum Gasteiger partial charge on any atom is 0.251 e. The Morgan fingerprint density at radius 3 is 2.43 bits per heavy atom. The topological polar surface area (TPSA) is 47.6 Å². The Bertz CT molecular complexity index is 486. The number of carbonyl (C=O) groups excluding carboxylic acids is 1. The van der Waals surface area contributed by atoms with E-state index in [-0.39, 0.29) is 12.0 Å². The van der Waals surface area contributed by atoms with Crippen LogP contribution in [-0.2, 0) is 4.74 Å². The van der Waals surface area contributed by atoms with Crippen molar-refractivity contribution in [3.05, 3.63) is 29.8 Å². The molecule has 0 aromatic heterocycles. The summed E-state index contributed by atoms with van der Waals surface area (Å²) in [5.74, 6) is 0.828. The molecule has 1 aromatic carbocycles. The lowest BCUT2D eigenvalue weighted by molar-refractivity contribution is 0.0679. The average molecular weight is 317 g/mol. The molecular formula is C19H27NO3. The number of carbonyl (C=O) groups is 1. The number of ether oxygens (including phenoxy) is 2. The number of benzene rings is 1. The molecule has 1 saturated heterocycles. The first-order valence-corrected chi connectivity index (χ1v) is 8.96. The molecule has 1 aliphatic heterocycles. The molecule has 1 aliphatic carbocycles. The van der Waals surface area contributed by atoms with Gasteiger partial charge in [-0.3, -0.25) is 4.79 Å². The quantitative estimate of drug-likeness (QED) is 0.842. The molecule has 1 saturated carbocycles. The fourth-order valence-electron chi connectivity index (χ4n) is 3.36. The van der Waals surface area contributed by atoms with Crippen molar-refractivity contribution in [2.24, 2.45) is 0 Å². The maximum atomic E-state index is 12.3. The van der Waals surface area contributed by atoms with Crippen molar-refractivity contribution in [2.45, 2.75) is 63.5 Å². The van der Waals surface area contributed by atoms with Crippen LogP contribution < -0.4 is 10.1 Å². The van der Waals surface area contributed by atoms with Crippen molar-refractivity contribution in [2.75, 3.05) is 13.2 Å². The molecule has 0 unspecified atom stereocenters. The van der Waals surface area contributed by atoms with Crippen LogP contribution in [0.1, 0.15) is 61.7 Å². The van der Waals surface area contributed by atoms with Gasteiger partial charge in [-0.1, -0.05) is 25.7 Å². The maximum absolute atomic E-state index is 12.3. The van der Waals surface area contributed by atoms with Crippen molar-refractivity contribution < 1.29 is 14.3 Å². The Hall–Kier alpha value is -1.55. The third kappa shape index (κ3) is 4.96. The van der Waals surface area contributed by atoms with Crippen LogP contribution in [0.15, 0.2) is 24.3 Å². The van der Waals surface area contributed by atoms with E-state index in [0.717, 1.165) is 38.0 Å². The number of hydrogen-bond acceptors (Lipinski definition) is 3. The van der Waals surface area contributed by atoms with Crippen molar-refractivity contribution in [1.82, 2.24) is 5.32 Å². The highest BCUT2D eigenvalue weighted by Crippen LogP contribution is 2.19. The summed E-state index contributed by atoms with van der Waals surface area (Å²) in [6, 6.07) is 7.77. The van der Waals surface area contributed by atoms with Crippen molar-refractivity contribution in [3.63, 3.8) is 0 Å². The van der Waals surface area contributed by atoms with Gasteiger partial charge in [-0.15, -0.1) is 0 Å². The normalized spacial score (nSPS) is 22.5. The lowest BCUT2D eigenvalue weighted by Gasteiger charge is -2.16. The largest absolute Gasteiger partial charge is 0.491 e. The van der Waals surface area contributed by atoms with Crippen LogP contribution in [0, 0.1) is 0 Å². The number of nitrogens with one attached hydrogen (secondary N) is 1. The van der Waals surface area contributed by atoms with Crippen LogP contribution in [0.25, 0.3) is 0 Å². The summed E-state index contributed by atoms with van der Waals surface area (Å²) in [6.45, 7) is 1.43. The van der Waals surface area contributed by atoms with Gasteiger partial charge in [-0.2, -0.15) is 0 Å². The van der Waals surface area contributed by atoms with Crippen molar-refractivity contribution >= 4 is 5.91 Å². The van der Waals surface area contributed by atoms with Crippen LogP contribution in [0.5, 0.6) is 5.75 Å². The molecule has 2 fully saturated rings. The fourth-order valence-corrected chi connectivity index (χ4v) is 3.36. The Morgan fingerprint density at radius 2 is 1.78 bits per heavy atom. The molecule has 3 rings (SSSR count). The Labute approximate surface area is 138 Å². The summed E-state index contributed by atoms with van der Waals surface area (Å²) >= 11 is 0. The molecule has 0 bridgehead atoms. The zero-order valence-corrected chi connectivity index (χ0v) is 13.8. The minimum atomic E-state index is 0.0302. The summed E-state index contributed by atoms with van der Waals surface area (Å²) in [5.41, 5.74) is 0.707. The molecule has 126 valence electrons. The lowest BCUT2D eigenvalue weighted by atomic mass is 10.1. The standard InChI is InChI=1S/C19H27NO3/c21-19(20-16-6-3-1-2-4-7-16)15-9-11-17(12-10-15)23-14-18-8-5-13-22-18/h9-12,16,18H,1-8,13-14H2,(H,20,21)/t18-/m1/s1. The summed E-state index contributed by atoms with van der Waals surface area (Å²) in [7, 11) is 0. The minimum absolute atomic E-state index is 0.0302. The minimum Gasteiger partial charge on any atom is -0.491 e. The van der Waals surface area contributed by atoms with E-state index in [1.165, 1.54) is 25.7 Å². The predicted octanol–water partition coefficient (Wildman–Crippen LogP) is 3.70.